The van der Waals surface area contributed by atoms with E-state index in [0.717, 1.165) is 44.9 Å². The summed E-state index contributed by atoms with van der Waals surface area (Å²) >= 11 is 9.06. The monoisotopic (exact) mass is 563 g/mol. The summed E-state index contributed by atoms with van der Waals surface area (Å²) in [6, 6.07) is 18.7. The van der Waals surface area contributed by atoms with E-state index in [1.165, 1.54) is 6.33 Å². The van der Waals surface area contributed by atoms with Gasteiger partial charge in [-0.15, -0.1) is 25.3 Å². The van der Waals surface area contributed by atoms with Crippen molar-refractivity contribution in [3.8, 4) is 33.6 Å². The van der Waals surface area contributed by atoms with E-state index in [-0.39, 0.29) is 0 Å². The molecule has 0 saturated carbocycles. The van der Waals surface area contributed by atoms with Crippen molar-refractivity contribution >= 4 is 61.1 Å². The standard InChI is InChI=1S/C29H21N7O2S2/c37-13-16-9-22(18-5-1-3-7-24(18)39)33-26(16)35-28-20-11-30-12-21(20)29(32-15-31-28)36-27-17(14-38)10-23(34-27)19-6-2-4-8-25(19)40/h1-15,33-34,39-40H,(H2,31,32,35,36). The van der Waals surface area contributed by atoms with E-state index in [1.807, 2.05) is 48.5 Å². The largest absolute Gasteiger partial charge is 0.341 e. The normalized spacial score (nSPS) is 10.9. The lowest BCUT2D eigenvalue weighted by Crippen LogP contribution is -1.98. The number of fused-ring (bicyclic) bond motifs is 1. The molecule has 0 unspecified atom stereocenters. The van der Waals surface area contributed by atoms with Crippen LogP contribution in [0.1, 0.15) is 20.7 Å². The minimum Gasteiger partial charge on any atom is -0.341 e. The molecule has 4 aromatic rings. The highest BCUT2D eigenvalue weighted by Gasteiger charge is 2.19. The molecule has 0 radical (unpaired) electrons. The number of rotatable bonds is 8. The van der Waals surface area contributed by atoms with Gasteiger partial charge < -0.3 is 20.6 Å². The van der Waals surface area contributed by atoms with Crippen LogP contribution in [0.15, 0.2) is 89.2 Å². The number of nitrogens with zero attached hydrogens (tertiary/aromatic N) is 3. The van der Waals surface area contributed by atoms with Crippen LogP contribution in [0.25, 0.3) is 33.6 Å². The first-order valence-corrected chi connectivity index (χ1v) is 13.0. The van der Waals surface area contributed by atoms with Crippen LogP contribution in [-0.2, 0) is 0 Å². The van der Waals surface area contributed by atoms with Crippen molar-refractivity contribution < 1.29 is 9.59 Å². The van der Waals surface area contributed by atoms with Gasteiger partial charge in [-0.05, 0) is 24.3 Å². The van der Waals surface area contributed by atoms with Gasteiger partial charge in [0.25, 0.3) is 0 Å². The number of hydrogen-bond acceptors (Lipinski definition) is 9. The average Bonchev–Trinajstić information content (AvgIpc) is 3.68. The molecule has 4 heterocycles. The number of carbonyl (C=O) groups excluding carboxylic acids is 2. The van der Waals surface area contributed by atoms with E-state index in [0.29, 0.717) is 45.5 Å². The molecular formula is C29H21N7O2S2. The molecule has 0 fully saturated rings. The van der Waals surface area contributed by atoms with Gasteiger partial charge in [0.05, 0.1) is 11.1 Å². The number of aldehydes is 2. The maximum Gasteiger partial charge on any atom is 0.153 e. The summed E-state index contributed by atoms with van der Waals surface area (Å²) in [5.41, 5.74) is 5.36. The zero-order valence-corrected chi connectivity index (χ0v) is 22.5. The predicted molar refractivity (Wildman–Crippen MR) is 161 cm³/mol. The molecule has 0 spiro atoms. The third-order valence-corrected chi connectivity index (χ3v) is 7.19. The number of carbonyl (C=O) groups is 2. The first-order chi connectivity index (χ1) is 19.6. The fourth-order valence-corrected chi connectivity index (χ4v) is 5.01. The van der Waals surface area contributed by atoms with Crippen molar-refractivity contribution in [1.29, 1.82) is 0 Å². The SMILES string of the molecule is O=Cc1cc(-c2ccccc2S)[nH]c1Nc1ncnc(Nc2[nH]c(-c3ccccc3S)cc2C=O)c2cncc1-2. The van der Waals surface area contributed by atoms with Gasteiger partial charge in [0.15, 0.2) is 12.6 Å². The van der Waals surface area contributed by atoms with Gasteiger partial charge in [0.2, 0.25) is 0 Å². The summed E-state index contributed by atoms with van der Waals surface area (Å²) < 4.78 is 0. The number of nitrogens with one attached hydrogen (secondary N) is 4. The second kappa shape index (κ2) is 10.7. The molecule has 40 heavy (non-hydrogen) atoms. The Hall–Kier alpha value is -4.87. The molecule has 2 aliphatic heterocycles. The highest BCUT2D eigenvalue weighted by atomic mass is 32.1. The van der Waals surface area contributed by atoms with Crippen LogP contribution in [0.3, 0.4) is 0 Å². The molecule has 9 nitrogen and oxygen atoms in total. The number of hydrogen-bond donors (Lipinski definition) is 6. The first kappa shape index (κ1) is 25.4. The highest BCUT2D eigenvalue weighted by Crippen LogP contribution is 2.37. The summed E-state index contributed by atoms with van der Waals surface area (Å²) in [7, 11) is 0. The Morgan fingerprint density at radius 2 is 1.10 bits per heavy atom. The summed E-state index contributed by atoms with van der Waals surface area (Å²) in [5.74, 6) is 1.82. The van der Waals surface area contributed by atoms with Gasteiger partial charge in [-0.3, -0.25) is 14.6 Å². The molecule has 2 aliphatic rings. The number of benzene rings is 2. The summed E-state index contributed by atoms with van der Waals surface area (Å²) in [4.78, 5) is 45.1. The number of aromatic amines is 2. The Labute approximate surface area is 239 Å². The third-order valence-electron chi connectivity index (χ3n) is 6.41. The van der Waals surface area contributed by atoms with Gasteiger partial charge in [0, 0.05) is 55.8 Å². The molecule has 2 aromatic carbocycles. The molecule has 0 saturated heterocycles. The molecule has 196 valence electrons. The zero-order valence-electron chi connectivity index (χ0n) is 20.7. The summed E-state index contributed by atoms with van der Waals surface area (Å²) in [6.07, 6.45) is 6.24. The maximum absolute atomic E-state index is 11.9. The molecule has 0 atom stereocenters. The maximum atomic E-state index is 11.9. The van der Waals surface area contributed by atoms with Crippen molar-refractivity contribution in [2.45, 2.75) is 9.79 Å². The number of H-pyrrole nitrogens is 2. The minimum atomic E-state index is 0.429. The van der Waals surface area contributed by atoms with E-state index in [4.69, 9.17) is 0 Å². The smallest absolute Gasteiger partial charge is 0.153 e. The van der Waals surface area contributed by atoms with Crippen molar-refractivity contribution in [3.05, 3.63) is 90.5 Å². The molecular weight excluding hydrogens is 543 g/mol. The van der Waals surface area contributed by atoms with Crippen LogP contribution >= 0.6 is 25.3 Å². The van der Waals surface area contributed by atoms with Gasteiger partial charge in [-0.25, -0.2) is 9.97 Å². The van der Waals surface area contributed by atoms with Crippen LogP contribution in [0, 0.1) is 0 Å². The van der Waals surface area contributed by atoms with Crippen LogP contribution in [0.2, 0.25) is 0 Å². The van der Waals surface area contributed by atoms with Crippen LogP contribution in [-0.4, -0.2) is 37.5 Å². The average molecular weight is 564 g/mol. The Bertz CT molecular complexity index is 1720. The first-order valence-electron chi connectivity index (χ1n) is 12.1. The topological polar surface area (TPSA) is 128 Å². The molecule has 0 amide bonds. The second-order valence-electron chi connectivity index (χ2n) is 8.85. The Morgan fingerprint density at radius 3 is 1.52 bits per heavy atom. The van der Waals surface area contributed by atoms with E-state index in [1.54, 1.807) is 24.5 Å². The summed E-state index contributed by atoms with van der Waals surface area (Å²) in [6.45, 7) is 0. The Morgan fingerprint density at radius 1 is 0.650 bits per heavy atom. The summed E-state index contributed by atoms with van der Waals surface area (Å²) in [5, 5.41) is 6.45. The quantitative estimate of drug-likeness (QED) is 0.0903. The lowest BCUT2D eigenvalue weighted by Gasteiger charge is -2.08. The third kappa shape index (κ3) is 4.72. The van der Waals surface area contributed by atoms with Crippen molar-refractivity contribution in [3.63, 3.8) is 0 Å². The van der Waals surface area contributed by atoms with Crippen molar-refractivity contribution in [2.24, 2.45) is 0 Å². The molecule has 2 aromatic heterocycles. The van der Waals surface area contributed by atoms with Gasteiger partial charge in [0.1, 0.15) is 29.6 Å². The van der Waals surface area contributed by atoms with Crippen molar-refractivity contribution in [2.75, 3.05) is 10.6 Å². The Balaban J connectivity index is 1.33. The van der Waals surface area contributed by atoms with E-state index < -0.39 is 0 Å². The molecule has 11 heteroatoms. The Kier molecular flexibility index (Phi) is 6.81. The number of thiol groups is 2. The van der Waals surface area contributed by atoms with Crippen molar-refractivity contribution in [1.82, 2.24) is 24.9 Å². The van der Waals surface area contributed by atoms with Gasteiger partial charge >= 0.3 is 0 Å². The van der Waals surface area contributed by atoms with E-state index in [2.05, 4.69) is 60.8 Å². The second-order valence-corrected chi connectivity index (χ2v) is 9.82. The number of anilines is 4. The fraction of sp³-hybridized carbons (Fsp3) is 0. The fourth-order valence-electron chi connectivity index (χ4n) is 4.45. The molecule has 0 bridgehead atoms. The molecule has 6 rings (SSSR count). The van der Waals surface area contributed by atoms with Gasteiger partial charge in [-0.2, -0.15) is 0 Å². The van der Waals surface area contributed by atoms with Crippen LogP contribution in [0.5, 0.6) is 0 Å². The van der Waals surface area contributed by atoms with E-state index >= 15 is 0 Å². The number of aromatic nitrogens is 5. The highest BCUT2D eigenvalue weighted by molar-refractivity contribution is 7.80. The van der Waals surface area contributed by atoms with Gasteiger partial charge in [-0.1, -0.05) is 36.4 Å². The lowest BCUT2D eigenvalue weighted by atomic mass is 10.1. The minimum absolute atomic E-state index is 0.429. The van der Waals surface area contributed by atoms with Crippen LogP contribution < -0.4 is 10.6 Å². The lowest BCUT2D eigenvalue weighted by molar-refractivity contribution is 0.111. The zero-order chi connectivity index (χ0) is 27.6. The van der Waals surface area contributed by atoms with E-state index in [9.17, 15) is 9.59 Å². The van der Waals surface area contributed by atoms with Crippen LogP contribution in [0.4, 0.5) is 23.3 Å². The predicted octanol–water partition coefficient (Wildman–Crippen LogP) is 6.66. The molecule has 4 N–H and O–H groups in total. The molecule has 0 aliphatic carbocycles.